The first-order valence-electron chi connectivity index (χ1n) is 8.93. The summed E-state index contributed by atoms with van der Waals surface area (Å²) in [6, 6.07) is 12.7. The largest absolute Gasteiger partial charge is 0.348 e. The number of piperidine rings is 3. The first-order valence-corrected chi connectivity index (χ1v) is 9.81. The third kappa shape index (κ3) is 2.49. The van der Waals surface area contributed by atoms with Crippen molar-refractivity contribution in [3.05, 3.63) is 46.7 Å². The smallest absolute Gasteiger partial charge is 0.261 e. The van der Waals surface area contributed by atoms with Crippen LogP contribution in [0.15, 0.2) is 41.8 Å². The molecule has 1 amide bonds. The van der Waals surface area contributed by atoms with Crippen molar-refractivity contribution in [2.24, 2.45) is 17.8 Å². The summed E-state index contributed by atoms with van der Waals surface area (Å²) in [5.41, 5.74) is 2.32. The van der Waals surface area contributed by atoms with Gasteiger partial charge < -0.3 is 10.2 Å². The Morgan fingerprint density at radius 3 is 2.50 bits per heavy atom. The molecule has 0 radical (unpaired) electrons. The number of hydrogen-bond acceptors (Lipinski definition) is 3. The highest BCUT2D eigenvalue weighted by molar-refractivity contribution is 7.12. The summed E-state index contributed by atoms with van der Waals surface area (Å²) >= 11 is 1.56. The summed E-state index contributed by atoms with van der Waals surface area (Å²) in [5.74, 6) is 2.32. The summed E-state index contributed by atoms with van der Waals surface area (Å²) < 4.78 is 0. The van der Waals surface area contributed by atoms with E-state index < -0.39 is 0 Å². The van der Waals surface area contributed by atoms with E-state index in [4.69, 9.17) is 0 Å². The zero-order valence-electron chi connectivity index (χ0n) is 13.7. The molecule has 3 nitrogen and oxygen atoms in total. The van der Waals surface area contributed by atoms with Gasteiger partial charge in [-0.1, -0.05) is 30.3 Å². The lowest BCUT2D eigenvalue weighted by Crippen LogP contribution is -2.64. The number of nitrogens with zero attached hydrogens (tertiary/aromatic N) is 1. The molecule has 0 spiro atoms. The molecule has 3 aliphatic heterocycles. The Labute approximate surface area is 146 Å². The Morgan fingerprint density at radius 2 is 1.79 bits per heavy atom. The van der Waals surface area contributed by atoms with Crippen LogP contribution in [0.2, 0.25) is 0 Å². The van der Waals surface area contributed by atoms with E-state index in [0.717, 1.165) is 16.4 Å². The van der Waals surface area contributed by atoms with Gasteiger partial charge in [-0.2, -0.15) is 0 Å². The number of benzene rings is 1. The Bertz CT molecular complexity index is 726. The Kier molecular flexibility index (Phi) is 3.49. The van der Waals surface area contributed by atoms with Crippen LogP contribution in [0, 0.1) is 17.8 Å². The van der Waals surface area contributed by atoms with E-state index in [1.54, 1.807) is 11.3 Å². The quantitative estimate of drug-likeness (QED) is 0.929. The van der Waals surface area contributed by atoms with Gasteiger partial charge in [-0.05, 0) is 53.2 Å². The number of thiophene rings is 1. The molecule has 6 rings (SSSR count). The second kappa shape index (κ2) is 5.71. The van der Waals surface area contributed by atoms with Crippen LogP contribution >= 0.6 is 11.3 Å². The third-order valence-corrected chi connectivity index (χ3v) is 6.95. The van der Waals surface area contributed by atoms with Crippen LogP contribution in [0.1, 0.15) is 22.5 Å². The lowest BCUT2D eigenvalue weighted by molar-refractivity contribution is -0.0418. The van der Waals surface area contributed by atoms with Crippen LogP contribution in [0.4, 0.5) is 0 Å². The normalized spacial score (nSPS) is 33.6. The molecule has 2 unspecified atom stereocenters. The zero-order chi connectivity index (χ0) is 16.1. The molecule has 1 aliphatic carbocycles. The number of carbonyl (C=O) groups is 1. The lowest BCUT2D eigenvalue weighted by Gasteiger charge is -2.55. The molecule has 124 valence electrons. The highest BCUT2D eigenvalue weighted by Crippen LogP contribution is 2.43. The van der Waals surface area contributed by atoms with E-state index in [-0.39, 0.29) is 5.91 Å². The number of amides is 1. The minimum atomic E-state index is 0.120. The summed E-state index contributed by atoms with van der Waals surface area (Å²) in [7, 11) is 0. The monoisotopic (exact) mass is 338 g/mol. The van der Waals surface area contributed by atoms with E-state index in [0.29, 0.717) is 17.9 Å². The molecule has 1 N–H and O–H groups in total. The molecule has 2 aromatic rings. The van der Waals surface area contributed by atoms with Gasteiger partial charge in [0.1, 0.15) is 0 Å². The van der Waals surface area contributed by atoms with Crippen molar-refractivity contribution in [3.8, 4) is 11.1 Å². The van der Waals surface area contributed by atoms with Crippen molar-refractivity contribution in [2.45, 2.75) is 18.9 Å². The maximum atomic E-state index is 12.8. The fourth-order valence-electron chi connectivity index (χ4n) is 5.10. The molecule has 1 aromatic heterocycles. The Morgan fingerprint density at radius 1 is 1.04 bits per heavy atom. The molecule has 4 heteroatoms. The summed E-state index contributed by atoms with van der Waals surface area (Å²) in [6.07, 6.45) is 2.61. The first-order chi connectivity index (χ1) is 11.8. The molecule has 1 saturated carbocycles. The van der Waals surface area contributed by atoms with Crippen LogP contribution < -0.4 is 5.32 Å². The summed E-state index contributed by atoms with van der Waals surface area (Å²) in [6.45, 7) is 3.65. The first kappa shape index (κ1) is 14.7. The zero-order valence-corrected chi connectivity index (χ0v) is 14.5. The third-order valence-electron chi connectivity index (χ3n) is 6.02. The Hall–Kier alpha value is -1.65. The molecule has 4 heterocycles. The maximum Gasteiger partial charge on any atom is 0.261 e. The molecular weight excluding hydrogens is 316 g/mol. The van der Waals surface area contributed by atoms with Gasteiger partial charge >= 0.3 is 0 Å². The van der Waals surface area contributed by atoms with Gasteiger partial charge in [-0.25, -0.2) is 0 Å². The fraction of sp³-hybridized carbons (Fsp3) is 0.450. The molecule has 4 fully saturated rings. The molecular formula is C20H22N2OS. The average Bonchev–Trinajstić information content (AvgIpc) is 3.08. The van der Waals surface area contributed by atoms with Gasteiger partial charge in [0.05, 0.1) is 4.88 Å². The summed E-state index contributed by atoms with van der Waals surface area (Å²) in [5, 5.41) is 5.48. The van der Waals surface area contributed by atoms with Crippen molar-refractivity contribution in [1.82, 2.24) is 10.2 Å². The van der Waals surface area contributed by atoms with Gasteiger partial charge in [0.2, 0.25) is 0 Å². The van der Waals surface area contributed by atoms with E-state index in [2.05, 4.69) is 27.7 Å². The van der Waals surface area contributed by atoms with Gasteiger partial charge in [-0.3, -0.25) is 4.79 Å². The molecule has 4 aliphatic rings. The minimum Gasteiger partial charge on any atom is -0.348 e. The lowest BCUT2D eigenvalue weighted by atomic mass is 9.65. The number of nitrogens with one attached hydrogen (secondary N) is 1. The standard InChI is InChI=1S/C20H22N2OS/c23-20(18-8-17(12-24-18)14-4-2-1-3-5-14)21-19-15-6-13-7-16(19)11-22(9-13)10-15/h1-5,8,12-13,15-16,19H,6-7,9-11H2,(H,21,23). The van der Waals surface area contributed by atoms with Gasteiger partial charge in [0.15, 0.2) is 0 Å². The summed E-state index contributed by atoms with van der Waals surface area (Å²) in [4.78, 5) is 16.2. The maximum absolute atomic E-state index is 12.8. The van der Waals surface area contributed by atoms with Gasteiger partial charge in [0, 0.05) is 25.7 Å². The van der Waals surface area contributed by atoms with Crippen molar-refractivity contribution >= 4 is 17.2 Å². The van der Waals surface area contributed by atoms with Crippen molar-refractivity contribution < 1.29 is 4.79 Å². The predicted octanol–water partition coefficient (Wildman–Crippen LogP) is 3.49. The highest BCUT2D eigenvalue weighted by Gasteiger charge is 2.47. The van der Waals surface area contributed by atoms with Crippen LogP contribution in [0.5, 0.6) is 0 Å². The number of hydrogen-bond donors (Lipinski definition) is 1. The van der Waals surface area contributed by atoms with Crippen molar-refractivity contribution in [1.29, 1.82) is 0 Å². The van der Waals surface area contributed by atoms with E-state index in [1.807, 2.05) is 24.3 Å². The topological polar surface area (TPSA) is 32.3 Å². The second-order valence-electron chi connectivity index (χ2n) is 7.64. The number of rotatable bonds is 3. The molecule has 1 aromatic carbocycles. The van der Waals surface area contributed by atoms with E-state index in [9.17, 15) is 4.79 Å². The second-order valence-corrected chi connectivity index (χ2v) is 8.55. The van der Waals surface area contributed by atoms with Crippen LogP contribution in [0.3, 0.4) is 0 Å². The SMILES string of the molecule is O=C(NC1C2CC3CC1CN(C3)C2)c1cc(-c2ccccc2)cs1. The number of carbonyl (C=O) groups excluding carboxylic acids is 1. The van der Waals surface area contributed by atoms with Crippen LogP contribution in [0.25, 0.3) is 11.1 Å². The predicted molar refractivity (Wildman–Crippen MR) is 97.2 cm³/mol. The van der Waals surface area contributed by atoms with Gasteiger partial charge in [-0.15, -0.1) is 11.3 Å². The van der Waals surface area contributed by atoms with E-state index >= 15 is 0 Å². The molecule has 4 bridgehead atoms. The molecule has 2 atom stereocenters. The fourth-order valence-corrected chi connectivity index (χ4v) is 5.92. The Balaban J connectivity index is 1.32. The van der Waals surface area contributed by atoms with Gasteiger partial charge in [0.25, 0.3) is 5.91 Å². The minimum absolute atomic E-state index is 0.120. The van der Waals surface area contributed by atoms with Crippen molar-refractivity contribution in [3.63, 3.8) is 0 Å². The molecule has 3 saturated heterocycles. The highest BCUT2D eigenvalue weighted by atomic mass is 32.1. The van der Waals surface area contributed by atoms with E-state index in [1.165, 1.54) is 38.0 Å². The average molecular weight is 338 g/mol. The molecule has 24 heavy (non-hydrogen) atoms. The van der Waals surface area contributed by atoms with Crippen molar-refractivity contribution in [2.75, 3.05) is 19.6 Å². The van der Waals surface area contributed by atoms with Crippen LogP contribution in [-0.4, -0.2) is 36.5 Å². The van der Waals surface area contributed by atoms with Crippen LogP contribution in [-0.2, 0) is 0 Å².